The molecule has 0 fully saturated rings. The molecule has 5 nitrogen and oxygen atoms in total. The predicted octanol–water partition coefficient (Wildman–Crippen LogP) is 2.54. The lowest BCUT2D eigenvalue weighted by atomic mass is 10.2. The van der Waals surface area contributed by atoms with Gasteiger partial charge >= 0.3 is 0 Å². The lowest BCUT2D eigenvalue weighted by Crippen LogP contribution is -2.31. The summed E-state index contributed by atoms with van der Waals surface area (Å²) < 4.78 is 1.93. The normalized spacial score (nSPS) is 10.6. The number of hydrogen-bond acceptors (Lipinski definition) is 4. The van der Waals surface area contributed by atoms with Gasteiger partial charge in [-0.1, -0.05) is 30.0 Å². The second-order valence-electron chi connectivity index (χ2n) is 4.62. The zero-order valence-electron chi connectivity index (χ0n) is 12.6. The van der Waals surface area contributed by atoms with E-state index in [1.165, 1.54) is 11.8 Å². The van der Waals surface area contributed by atoms with Crippen molar-refractivity contribution in [3.05, 3.63) is 36.2 Å². The number of benzene rings is 1. The molecular weight excluding hydrogens is 284 g/mol. The van der Waals surface area contributed by atoms with Crippen molar-refractivity contribution < 1.29 is 4.79 Å². The molecule has 1 aromatic heterocycles. The van der Waals surface area contributed by atoms with Gasteiger partial charge in [0.2, 0.25) is 5.91 Å². The molecule has 2 aromatic rings. The fourth-order valence-electron chi connectivity index (χ4n) is 2.12. The second kappa shape index (κ2) is 7.26. The van der Waals surface area contributed by atoms with Gasteiger partial charge in [0.05, 0.1) is 11.4 Å². The fraction of sp³-hybridized carbons (Fsp3) is 0.400. The Kier molecular flexibility index (Phi) is 5.38. The first kappa shape index (κ1) is 15.6. The van der Waals surface area contributed by atoms with Crippen LogP contribution in [0.3, 0.4) is 0 Å². The zero-order chi connectivity index (χ0) is 15.2. The molecule has 0 unspecified atom stereocenters. The van der Waals surface area contributed by atoms with Gasteiger partial charge in [0.1, 0.15) is 6.33 Å². The summed E-state index contributed by atoms with van der Waals surface area (Å²) in [6, 6.07) is 8.05. The maximum absolute atomic E-state index is 12.1. The molecule has 0 spiro atoms. The Morgan fingerprint density at radius 2 is 2.00 bits per heavy atom. The van der Waals surface area contributed by atoms with E-state index in [0.29, 0.717) is 5.75 Å². The average Bonchev–Trinajstić information content (AvgIpc) is 2.95. The second-order valence-corrected chi connectivity index (χ2v) is 5.57. The molecule has 0 N–H and O–H groups in total. The van der Waals surface area contributed by atoms with Gasteiger partial charge < -0.3 is 4.90 Å². The van der Waals surface area contributed by atoms with E-state index in [4.69, 9.17) is 0 Å². The van der Waals surface area contributed by atoms with Gasteiger partial charge in [0.25, 0.3) is 0 Å². The number of carbonyl (C=O) groups excluding carboxylic acids is 1. The third kappa shape index (κ3) is 3.64. The van der Waals surface area contributed by atoms with Gasteiger partial charge in [0.15, 0.2) is 5.16 Å². The molecule has 6 heteroatoms. The SMILES string of the molecule is CCN(CC)C(=O)CSc1nncn1-c1ccccc1C. The Balaban J connectivity index is 2.12. The van der Waals surface area contributed by atoms with E-state index >= 15 is 0 Å². The third-order valence-electron chi connectivity index (χ3n) is 3.33. The maximum atomic E-state index is 12.1. The van der Waals surface area contributed by atoms with E-state index < -0.39 is 0 Å². The van der Waals surface area contributed by atoms with E-state index in [1.807, 2.05) is 54.5 Å². The minimum atomic E-state index is 0.129. The Hall–Kier alpha value is -1.82. The highest BCUT2D eigenvalue weighted by Crippen LogP contribution is 2.21. The van der Waals surface area contributed by atoms with Crippen LogP contribution in [-0.2, 0) is 4.79 Å². The average molecular weight is 304 g/mol. The van der Waals surface area contributed by atoms with Gasteiger partial charge in [-0.3, -0.25) is 9.36 Å². The molecule has 2 rings (SSSR count). The smallest absolute Gasteiger partial charge is 0.233 e. The number of amides is 1. The van der Waals surface area contributed by atoms with Crippen LogP contribution in [0.15, 0.2) is 35.7 Å². The van der Waals surface area contributed by atoms with Crippen molar-refractivity contribution in [2.24, 2.45) is 0 Å². The highest BCUT2D eigenvalue weighted by Gasteiger charge is 2.14. The van der Waals surface area contributed by atoms with E-state index in [0.717, 1.165) is 29.5 Å². The monoisotopic (exact) mass is 304 g/mol. The summed E-state index contributed by atoms with van der Waals surface area (Å²) >= 11 is 1.42. The van der Waals surface area contributed by atoms with Crippen molar-refractivity contribution in [3.8, 4) is 5.69 Å². The summed E-state index contributed by atoms with van der Waals surface area (Å²) in [7, 11) is 0. The summed E-state index contributed by atoms with van der Waals surface area (Å²) in [6.45, 7) is 7.50. The molecule has 0 atom stereocenters. The minimum absolute atomic E-state index is 0.129. The number of para-hydroxylation sites is 1. The van der Waals surface area contributed by atoms with Crippen molar-refractivity contribution in [1.82, 2.24) is 19.7 Å². The Labute approximate surface area is 129 Å². The molecule has 0 aliphatic heterocycles. The Bertz CT molecular complexity index is 607. The Morgan fingerprint density at radius 3 is 2.67 bits per heavy atom. The van der Waals surface area contributed by atoms with Gasteiger partial charge in [-0.2, -0.15) is 0 Å². The van der Waals surface area contributed by atoms with Crippen LogP contribution in [0.2, 0.25) is 0 Å². The van der Waals surface area contributed by atoms with Gasteiger partial charge in [-0.05, 0) is 32.4 Å². The van der Waals surface area contributed by atoms with Crippen LogP contribution in [0.4, 0.5) is 0 Å². The molecule has 112 valence electrons. The molecule has 1 amide bonds. The number of aryl methyl sites for hydroxylation is 1. The van der Waals surface area contributed by atoms with Crippen molar-refractivity contribution >= 4 is 17.7 Å². The van der Waals surface area contributed by atoms with Gasteiger partial charge in [-0.25, -0.2) is 0 Å². The summed E-state index contributed by atoms with van der Waals surface area (Å²) in [5.74, 6) is 0.510. The minimum Gasteiger partial charge on any atom is -0.343 e. The van der Waals surface area contributed by atoms with Crippen LogP contribution >= 0.6 is 11.8 Å². The van der Waals surface area contributed by atoms with Crippen molar-refractivity contribution in [1.29, 1.82) is 0 Å². The number of thioether (sulfide) groups is 1. The van der Waals surface area contributed by atoms with Gasteiger partial charge in [0, 0.05) is 13.1 Å². The lowest BCUT2D eigenvalue weighted by Gasteiger charge is -2.18. The molecule has 21 heavy (non-hydrogen) atoms. The van der Waals surface area contributed by atoms with E-state index in [9.17, 15) is 4.79 Å². The topological polar surface area (TPSA) is 51.0 Å². The first-order valence-corrected chi connectivity index (χ1v) is 8.02. The number of aromatic nitrogens is 3. The molecule has 0 saturated carbocycles. The predicted molar refractivity (Wildman–Crippen MR) is 84.7 cm³/mol. The summed E-state index contributed by atoms with van der Waals surface area (Å²) in [4.78, 5) is 13.9. The van der Waals surface area contributed by atoms with E-state index in [2.05, 4.69) is 10.2 Å². The molecule has 0 radical (unpaired) electrons. The van der Waals surface area contributed by atoms with Gasteiger partial charge in [-0.15, -0.1) is 10.2 Å². The molecule has 0 bridgehead atoms. The zero-order valence-corrected chi connectivity index (χ0v) is 13.4. The molecule has 0 saturated heterocycles. The van der Waals surface area contributed by atoms with Crippen LogP contribution in [0.1, 0.15) is 19.4 Å². The molecule has 0 aliphatic rings. The summed E-state index contributed by atoms with van der Waals surface area (Å²) in [5.41, 5.74) is 2.19. The molecule has 1 heterocycles. The number of hydrogen-bond donors (Lipinski definition) is 0. The third-order valence-corrected chi connectivity index (χ3v) is 4.26. The van der Waals surface area contributed by atoms with Crippen LogP contribution in [0, 0.1) is 6.92 Å². The van der Waals surface area contributed by atoms with Crippen LogP contribution in [-0.4, -0.2) is 44.4 Å². The first-order chi connectivity index (χ1) is 10.2. The molecule has 1 aromatic carbocycles. The largest absolute Gasteiger partial charge is 0.343 e. The summed E-state index contributed by atoms with van der Waals surface area (Å²) in [6.07, 6.45) is 1.69. The van der Waals surface area contributed by atoms with Crippen LogP contribution < -0.4 is 0 Å². The van der Waals surface area contributed by atoms with Crippen LogP contribution in [0.25, 0.3) is 5.69 Å². The van der Waals surface area contributed by atoms with Crippen molar-refractivity contribution in [2.75, 3.05) is 18.8 Å². The highest BCUT2D eigenvalue weighted by molar-refractivity contribution is 7.99. The molecular formula is C15H20N4OS. The summed E-state index contributed by atoms with van der Waals surface area (Å²) in [5, 5.41) is 8.83. The molecule has 0 aliphatic carbocycles. The number of rotatable bonds is 6. The van der Waals surface area contributed by atoms with E-state index in [1.54, 1.807) is 6.33 Å². The van der Waals surface area contributed by atoms with E-state index in [-0.39, 0.29) is 5.91 Å². The lowest BCUT2D eigenvalue weighted by molar-refractivity contribution is -0.127. The fourth-order valence-corrected chi connectivity index (χ4v) is 2.94. The van der Waals surface area contributed by atoms with Crippen molar-refractivity contribution in [3.63, 3.8) is 0 Å². The standard InChI is InChI=1S/C15H20N4OS/c1-4-18(5-2)14(20)10-21-15-17-16-11-19(15)13-9-7-6-8-12(13)3/h6-9,11H,4-5,10H2,1-3H3. The Morgan fingerprint density at radius 1 is 1.29 bits per heavy atom. The highest BCUT2D eigenvalue weighted by atomic mass is 32.2. The van der Waals surface area contributed by atoms with Crippen molar-refractivity contribution in [2.45, 2.75) is 25.9 Å². The first-order valence-electron chi connectivity index (χ1n) is 7.04. The maximum Gasteiger partial charge on any atom is 0.233 e. The quantitative estimate of drug-likeness (QED) is 0.770. The number of carbonyl (C=O) groups is 1. The number of nitrogens with zero attached hydrogens (tertiary/aromatic N) is 4. The van der Waals surface area contributed by atoms with Crippen LogP contribution in [0.5, 0.6) is 0 Å².